The largest absolute Gasteiger partial charge is 0.508 e. The highest BCUT2D eigenvalue weighted by Crippen LogP contribution is 2.21. The summed E-state index contributed by atoms with van der Waals surface area (Å²) in [5.41, 5.74) is 7.29. The van der Waals surface area contributed by atoms with Crippen LogP contribution in [0, 0.1) is 0 Å². The van der Waals surface area contributed by atoms with Gasteiger partial charge in [0.05, 0.1) is 11.5 Å². The fraction of sp³-hybridized carbons (Fsp3) is 0.160. The second-order valence-corrected chi connectivity index (χ2v) is 8.78. The highest BCUT2D eigenvalue weighted by atomic mass is 35.5. The van der Waals surface area contributed by atoms with Crippen molar-refractivity contribution in [2.75, 3.05) is 5.75 Å². The number of H-pyrrole nitrogens is 1. The maximum atomic E-state index is 12.5. The summed E-state index contributed by atoms with van der Waals surface area (Å²) in [7, 11) is 0. The van der Waals surface area contributed by atoms with Gasteiger partial charge in [-0.15, -0.1) is 0 Å². The highest BCUT2D eigenvalue weighted by Gasteiger charge is 2.21. The summed E-state index contributed by atoms with van der Waals surface area (Å²) in [5.74, 6) is 0.191. The summed E-state index contributed by atoms with van der Waals surface area (Å²) in [6.07, 6.45) is 0.651. The van der Waals surface area contributed by atoms with Crippen molar-refractivity contribution in [2.24, 2.45) is 5.10 Å². The fourth-order valence-corrected chi connectivity index (χ4v) is 4.50. The molecule has 168 valence electrons. The van der Waals surface area contributed by atoms with Gasteiger partial charge in [-0.3, -0.25) is 4.79 Å². The number of aromatic hydroxyl groups is 1. The molecule has 1 aromatic heterocycles. The predicted octanol–water partition coefficient (Wildman–Crippen LogP) is 4.89. The minimum Gasteiger partial charge on any atom is -0.508 e. The van der Waals surface area contributed by atoms with E-state index in [1.807, 2.05) is 55.5 Å². The molecular formula is C25H24ClN4O2S+. The Hall–Kier alpha value is -3.29. The van der Waals surface area contributed by atoms with E-state index in [0.717, 1.165) is 33.0 Å². The zero-order valence-electron chi connectivity index (χ0n) is 18.1. The Labute approximate surface area is 201 Å². The lowest BCUT2D eigenvalue weighted by Crippen LogP contribution is -2.36. The Morgan fingerprint density at radius 3 is 2.58 bits per heavy atom. The van der Waals surface area contributed by atoms with Gasteiger partial charge in [0.1, 0.15) is 12.3 Å². The average molecular weight is 480 g/mol. The van der Waals surface area contributed by atoms with Crippen molar-refractivity contribution in [1.82, 2.24) is 10.4 Å². The van der Waals surface area contributed by atoms with Crippen LogP contribution >= 0.6 is 23.4 Å². The number of aromatic amines is 1. The van der Waals surface area contributed by atoms with Crippen molar-refractivity contribution in [3.63, 3.8) is 0 Å². The van der Waals surface area contributed by atoms with Crippen LogP contribution in [0.25, 0.3) is 11.0 Å². The number of nitrogens with zero attached hydrogens (tertiary/aromatic N) is 2. The molecule has 0 fully saturated rings. The zero-order valence-corrected chi connectivity index (χ0v) is 19.7. The molecule has 0 atom stereocenters. The first-order valence-electron chi connectivity index (χ1n) is 10.6. The highest BCUT2D eigenvalue weighted by molar-refractivity contribution is 7.99. The molecule has 1 heterocycles. The van der Waals surface area contributed by atoms with Crippen LogP contribution in [0.4, 0.5) is 0 Å². The van der Waals surface area contributed by atoms with Crippen molar-refractivity contribution in [3.05, 3.63) is 88.9 Å². The molecule has 0 saturated heterocycles. The smallest absolute Gasteiger partial charge is 0.317 e. The molecule has 8 heteroatoms. The molecule has 4 aromatic rings. The number of hydrogen-bond donors (Lipinski definition) is 3. The van der Waals surface area contributed by atoms with Crippen LogP contribution in [0.5, 0.6) is 5.75 Å². The minimum absolute atomic E-state index is 0.193. The third-order valence-corrected chi connectivity index (χ3v) is 6.53. The van der Waals surface area contributed by atoms with E-state index >= 15 is 0 Å². The molecule has 0 radical (unpaired) electrons. The fourth-order valence-electron chi connectivity index (χ4n) is 3.47. The number of nitrogens with one attached hydrogen (secondary N) is 2. The molecule has 0 bridgehead atoms. The first kappa shape index (κ1) is 22.9. The normalized spacial score (nSPS) is 11.6. The number of aromatic nitrogens is 2. The van der Waals surface area contributed by atoms with Crippen LogP contribution in [-0.2, 0) is 11.3 Å². The van der Waals surface area contributed by atoms with Crippen molar-refractivity contribution >= 4 is 46.0 Å². The number of para-hydroxylation sites is 2. The SMILES string of the molecule is CC/C(=N\NC(=O)CSc1[nH]c2ccccc2[n+]1Cc1ccccc1Cl)c1ccc(O)cc1. The standard InChI is InChI=1S/C25H23ClN4O2S/c1-2-21(17-11-13-19(31)14-12-17)28-29-24(32)16-33-25-27-22-9-5-6-10-23(22)30(25)15-18-7-3-4-8-20(18)26/h3-14H,2,15-16H2,1H3,(H2,28,29,31,32)/p+1. The van der Waals surface area contributed by atoms with Gasteiger partial charge in [0.25, 0.3) is 5.91 Å². The van der Waals surface area contributed by atoms with Gasteiger partial charge in [-0.1, -0.05) is 48.9 Å². The van der Waals surface area contributed by atoms with Crippen LogP contribution in [0.3, 0.4) is 0 Å². The molecule has 33 heavy (non-hydrogen) atoms. The number of phenolic OH excluding ortho intramolecular Hbond substituents is 1. The van der Waals surface area contributed by atoms with E-state index in [4.69, 9.17) is 11.6 Å². The van der Waals surface area contributed by atoms with Gasteiger partial charge in [0, 0.05) is 10.6 Å². The number of phenols is 1. The van der Waals surface area contributed by atoms with Gasteiger partial charge in [-0.05, 0) is 66.2 Å². The Kier molecular flexibility index (Phi) is 7.32. The number of hydrazone groups is 1. The Morgan fingerprint density at radius 1 is 1.09 bits per heavy atom. The molecule has 0 aliphatic rings. The number of thioether (sulfide) groups is 1. The van der Waals surface area contributed by atoms with Crippen LogP contribution in [-0.4, -0.2) is 27.5 Å². The first-order chi connectivity index (χ1) is 16.0. The molecule has 0 unspecified atom stereocenters. The van der Waals surface area contributed by atoms with Gasteiger partial charge in [0.15, 0.2) is 11.0 Å². The third-order valence-electron chi connectivity index (χ3n) is 5.16. The van der Waals surface area contributed by atoms with E-state index in [1.54, 1.807) is 24.3 Å². The second-order valence-electron chi connectivity index (χ2n) is 7.41. The van der Waals surface area contributed by atoms with Crippen LogP contribution < -0.4 is 9.99 Å². The summed E-state index contributed by atoms with van der Waals surface area (Å²) >= 11 is 7.81. The average Bonchev–Trinajstić information content (AvgIpc) is 3.18. The van der Waals surface area contributed by atoms with Crippen LogP contribution in [0.15, 0.2) is 83.1 Å². The summed E-state index contributed by atoms with van der Waals surface area (Å²) in [4.78, 5) is 15.9. The van der Waals surface area contributed by atoms with Crippen molar-refractivity contribution in [3.8, 4) is 5.75 Å². The Balaban J connectivity index is 1.49. The van der Waals surface area contributed by atoms with E-state index in [9.17, 15) is 9.90 Å². The topological polar surface area (TPSA) is 81.4 Å². The van der Waals surface area contributed by atoms with E-state index in [0.29, 0.717) is 18.0 Å². The summed E-state index contributed by atoms with van der Waals surface area (Å²) in [5, 5.41) is 15.3. The van der Waals surface area contributed by atoms with Gasteiger partial charge >= 0.3 is 5.16 Å². The number of fused-ring (bicyclic) bond motifs is 1. The number of imidazole rings is 1. The Morgan fingerprint density at radius 2 is 1.82 bits per heavy atom. The van der Waals surface area contributed by atoms with E-state index < -0.39 is 0 Å². The molecule has 4 rings (SSSR count). The van der Waals surface area contributed by atoms with Crippen LogP contribution in [0.2, 0.25) is 5.02 Å². The number of amides is 1. The lowest BCUT2D eigenvalue weighted by atomic mass is 10.1. The zero-order chi connectivity index (χ0) is 23.2. The van der Waals surface area contributed by atoms with Gasteiger partial charge in [-0.2, -0.15) is 5.10 Å². The lowest BCUT2D eigenvalue weighted by Gasteiger charge is -2.06. The number of rotatable bonds is 8. The van der Waals surface area contributed by atoms with Crippen LogP contribution in [0.1, 0.15) is 24.5 Å². The van der Waals surface area contributed by atoms with Gasteiger partial charge in [0.2, 0.25) is 0 Å². The molecule has 3 N–H and O–H groups in total. The molecule has 0 spiro atoms. The van der Waals surface area contributed by atoms with Gasteiger partial charge in [-0.25, -0.2) is 15.0 Å². The Bertz CT molecular complexity index is 1300. The van der Waals surface area contributed by atoms with E-state index in [2.05, 4.69) is 20.1 Å². The predicted molar refractivity (Wildman–Crippen MR) is 133 cm³/mol. The molecule has 1 amide bonds. The van der Waals surface area contributed by atoms with E-state index in [-0.39, 0.29) is 17.4 Å². The van der Waals surface area contributed by atoms with E-state index in [1.165, 1.54) is 11.8 Å². The molecule has 3 aromatic carbocycles. The second kappa shape index (κ2) is 10.6. The molecule has 0 saturated carbocycles. The number of benzene rings is 3. The number of carbonyl (C=O) groups is 1. The summed E-state index contributed by atoms with van der Waals surface area (Å²) in [6, 6.07) is 22.5. The van der Waals surface area contributed by atoms with Gasteiger partial charge < -0.3 is 5.11 Å². The quantitative estimate of drug-likeness (QED) is 0.146. The molecule has 0 aliphatic heterocycles. The maximum Gasteiger partial charge on any atom is 0.317 e. The summed E-state index contributed by atoms with van der Waals surface area (Å²) in [6.45, 7) is 2.56. The van der Waals surface area contributed by atoms with Crippen molar-refractivity contribution in [2.45, 2.75) is 25.0 Å². The minimum atomic E-state index is -0.201. The summed E-state index contributed by atoms with van der Waals surface area (Å²) < 4.78 is 2.13. The maximum absolute atomic E-state index is 12.5. The lowest BCUT2D eigenvalue weighted by molar-refractivity contribution is -0.700. The molecular weight excluding hydrogens is 456 g/mol. The monoisotopic (exact) mass is 479 g/mol. The first-order valence-corrected chi connectivity index (χ1v) is 11.9. The number of halogens is 1. The third kappa shape index (κ3) is 5.56. The molecule has 0 aliphatic carbocycles. The number of hydrogen-bond acceptors (Lipinski definition) is 4. The van der Waals surface area contributed by atoms with Crippen molar-refractivity contribution in [1.29, 1.82) is 0 Å². The number of carbonyl (C=O) groups excluding carboxylic acids is 1. The molecule has 6 nitrogen and oxygen atoms in total. The van der Waals surface area contributed by atoms with Crippen molar-refractivity contribution < 1.29 is 14.5 Å².